The van der Waals surface area contributed by atoms with Gasteiger partial charge in [-0.05, 0) is 91.5 Å². The molecule has 1 saturated carbocycles. The van der Waals surface area contributed by atoms with E-state index < -0.39 is 6.10 Å². The van der Waals surface area contributed by atoms with Crippen molar-refractivity contribution in [3.63, 3.8) is 0 Å². The van der Waals surface area contributed by atoms with Crippen molar-refractivity contribution in [3.8, 4) is 0 Å². The summed E-state index contributed by atoms with van der Waals surface area (Å²) < 4.78 is 0. The summed E-state index contributed by atoms with van der Waals surface area (Å²) in [6.45, 7) is 1.42. The molecule has 1 fully saturated rings. The van der Waals surface area contributed by atoms with Crippen LogP contribution in [0, 0.1) is 11.8 Å². The number of carbonyl (C=O) groups excluding carboxylic acids is 2. The molecule has 2 aromatic carbocycles. The third-order valence-corrected chi connectivity index (χ3v) is 7.80. The molecule has 33 heavy (non-hydrogen) atoms. The van der Waals surface area contributed by atoms with Gasteiger partial charge in [-0.15, -0.1) is 0 Å². The number of benzene rings is 2. The Kier molecular flexibility index (Phi) is 6.64. The van der Waals surface area contributed by atoms with Gasteiger partial charge in [0, 0.05) is 31.5 Å². The summed E-state index contributed by atoms with van der Waals surface area (Å²) in [5.41, 5.74) is 6.01. The predicted molar refractivity (Wildman–Crippen MR) is 129 cm³/mol. The van der Waals surface area contributed by atoms with Gasteiger partial charge in [0.25, 0.3) is 0 Å². The fourth-order valence-corrected chi connectivity index (χ4v) is 5.51. The average Bonchev–Trinajstić information content (AvgIpc) is 3.55. The highest BCUT2D eigenvalue weighted by molar-refractivity contribution is 5.96. The van der Waals surface area contributed by atoms with Gasteiger partial charge >= 0.3 is 0 Å². The molecule has 1 heterocycles. The van der Waals surface area contributed by atoms with Crippen LogP contribution in [0.3, 0.4) is 0 Å². The minimum absolute atomic E-state index is 0.109. The summed E-state index contributed by atoms with van der Waals surface area (Å²) >= 11 is 0. The largest absolute Gasteiger partial charge is 0.393 e. The quantitative estimate of drug-likeness (QED) is 0.559. The van der Waals surface area contributed by atoms with Gasteiger partial charge in [0.2, 0.25) is 5.91 Å². The van der Waals surface area contributed by atoms with E-state index in [4.69, 9.17) is 0 Å². The van der Waals surface area contributed by atoms with Crippen molar-refractivity contribution in [2.45, 2.75) is 76.9 Å². The second kappa shape index (κ2) is 9.80. The van der Waals surface area contributed by atoms with Crippen molar-refractivity contribution in [2.75, 3.05) is 6.54 Å². The number of rotatable bonds is 9. The number of aliphatic hydroxyl groups excluding tert-OH is 1. The van der Waals surface area contributed by atoms with Gasteiger partial charge in [0.05, 0.1) is 6.10 Å². The number of carbonyl (C=O) groups is 2. The van der Waals surface area contributed by atoms with E-state index in [0.29, 0.717) is 37.6 Å². The van der Waals surface area contributed by atoms with Gasteiger partial charge in [0.1, 0.15) is 0 Å². The molecule has 1 N–H and O–H groups in total. The number of ketones is 1. The number of aliphatic hydroxyl groups is 1. The first-order valence-electron chi connectivity index (χ1n) is 12.7. The van der Waals surface area contributed by atoms with E-state index >= 15 is 0 Å². The van der Waals surface area contributed by atoms with Gasteiger partial charge in [-0.1, -0.05) is 36.4 Å². The maximum atomic E-state index is 12.8. The molecule has 1 atom stereocenters. The molecule has 3 aliphatic rings. The molecule has 174 valence electrons. The Hall–Kier alpha value is -2.46. The van der Waals surface area contributed by atoms with Crippen molar-refractivity contribution in [1.29, 1.82) is 0 Å². The molecule has 0 radical (unpaired) electrons. The minimum Gasteiger partial charge on any atom is -0.393 e. The topological polar surface area (TPSA) is 57.6 Å². The van der Waals surface area contributed by atoms with Crippen molar-refractivity contribution in [2.24, 2.45) is 11.8 Å². The SMILES string of the molecule is O=C(CCC(O)CCC1Cc2ccccc2C1)c1ccc2c(c1)CCN(C(=O)CC1CC1)C2. The molecule has 0 spiro atoms. The number of hydrogen-bond donors (Lipinski definition) is 1. The smallest absolute Gasteiger partial charge is 0.223 e. The second-order valence-corrected chi connectivity index (χ2v) is 10.4. The maximum absolute atomic E-state index is 12.8. The molecule has 0 aromatic heterocycles. The van der Waals surface area contributed by atoms with Gasteiger partial charge in [-0.25, -0.2) is 0 Å². The van der Waals surface area contributed by atoms with E-state index in [0.717, 1.165) is 44.2 Å². The molecule has 2 aliphatic carbocycles. The average molecular weight is 446 g/mol. The molecule has 2 aromatic rings. The Balaban J connectivity index is 1.07. The molecular formula is C29H35NO3. The van der Waals surface area contributed by atoms with E-state index in [-0.39, 0.29) is 11.7 Å². The second-order valence-electron chi connectivity index (χ2n) is 10.4. The number of hydrogen-bond acceptors (Lipinski definition) is 3. The van der Waals surface area contributed by atoms with E-state index in [1.54, 1.807) is 0 Å². The van der Waals surface area contributed by atoms with Crippen LogP contribution >= 0.6 is 0 Å². The van der Waals surface area contributed by atoms with Crippen LogP contribution in [0.5, 0.6) is 0 Å². The highest BCUT2D eigenvalue weighted by atomic mass is 16.3. The Morgan fingerprint density at radius 2 is 1.70 bits per heavy atom. The summed E-state index contributed by atoms with van der Waals surface area (Å²) in [7, 11) is 0. The van der Waals surface area contributed by atoms with Crippen molar-refractivity contribution >= 4 is 11.7 Å². The zero-order valence-electron chi connectivity index (χ0n) is 19.5. The van der Waals surface area contributed by atoms with Crippen LogP contribution in [0.15, 0.2) is 42.5 Å². The van der Waals surface area contributed by atoms with Crippen LogP contribution < -0.4 is 0 Å². The molecule has 4 heteroatoms. The predicted octanol–water partition coefficient (Wildman–Crippen LogP) is 4.89. The number of nitrogens with zero attached hydrogens (tertiary/aromatic N) is 1. The normalized spacial score (nSPS) is 18.6. The fourth-order valence-electron chi connectivity index (χ4n) is 5.51. The summed E-state index contributed by atoms with van der Waals surface area (Å²) in [5, 5.41) is 10.5. The molecule has 0 bridgehead atoms. The third-order valence-electron chi connectivity index (χ3n) is 7.80. The Labute approximate surface area is 197 Å². The van der Waals surface area contributed by atoms with Gasteiger partial charge in [0.15, 0.2) is 5.78 Å². The van der Waals surface area contributed by atoms with Crippen LogP contribution in [0.1, 0.15) is 77.6 Å². The van der Waals surface area contributed by atoms with Crippen LogP contribution in [-0.2, 0) is 30.6 Å². The summed E-state index contributed by atoms with van der Waals surface area (Å²) in [5.74, 6) is 1.61. The lowest BCUT2D eigenvalue weighted by molar-refractivity contribution is -0.132. The summed E-state index contributed by atoms with van der Waals surface area (Å²) in [4.78, 5) is 27.2. The van der Waals surface area contributed by atoms with Crippen LogP contribution in [0.25, 0.3) is 0 Å². The molecule has 1 amide bonds. The number of fused-ring (bicyclic) bond motifs is 2. The van der Waals surface area contributed by atoms with Crippen LogP contribution in [0.2, 0.25) is 0 Å². The Morgan fingerprint density at radius 1 is 0.939 bits per heavy atom. The van der Waals surface area contributed by atoms with E-state index in [9.17, 15) is 14.7 Å². The lowest BCUT2D eigenvalue weighted by atomic mass is 9.93. The Morgan fingerprint density at radius 3 is 2.42 bits per heavy atom. The molecule has 5 rings (SSSR count). The first-order chi connectivity index (χ1) is 16.0. The zero-order valence-corrected chi connectivity index (χ0v) is 19.5. The van der Waals surface area contributed by atoms with Gasteiger partial charge < -0.3 is 10.0 Å². The van der Waals surface area contributed by atoms with Gasteiger partial charge in [-0.3, -0.25) is 9.59 Å². The molecule has 4 nitrogen and oxygen atoms in total. The van der Waals surface area contributed by atoms with Crippen molar-refractivity contribution in [3.05, 3.63) is 70.3 Å². The van der Waals surface area contributed by atoms with E-state index in [1.165, 1.54) is 35.1 Å². The lowest BCUT2D eigenvalue weighted by Crippen LogP contribution is -2.36. The summed E-state index contributed by atoms with van der Waals surface area (Å²) in [6.07, 6.45) is 8.41. The molecule has 0 saturated heterocycles. The minimum atomic E-state index is -0.415. The number of Topliss-reactive ketones (excluding diaryl/α,β-unsaturated/α-hetero) is 1. The lowest BCUT2D eigenvalue weighted by Gasteiger charge is -2.29. The first kappa shape index (κ1) is 22.3. The first-order valence-corrected chi connectivity index (χ1v) is 12.7. The molecule has 1 unspecified atom stereocenters. The van der Waals surface area contributed by atoms with Crippen molar-refractivity contribution in [1.82, 2.24) is 4.90 Å². The third kappa shape index (κ3) is 5.55. The fraction of sp³-hybridized carbons (Fsp3) is 0.517. The monoisotopic (exact) mass is 445 g/mol. The number of amides is 1. The van der Waals surface area contributed by atoms with E-state index in [1.807, 2.05) is 23.1 Å². The maximum Gasteiger partial charge on any atom is 0.223 e. The van der Waals surface area contributed by atoms with Crippen molar-refractivity contribution < 1.29 is 14.7 Å². The van der Waals surface area contributed by atoms with Crippen LogP contribution in [0.4, 0.5) is 0 Å². The standard InChI is InChI=1S/C29H35NO3/c31-27(10-7-21-15-22-3-1-2-4-23(22)16-21)11-12-28(32)25-8-9-26-19-30(14-13-24(26)18-25)29(33)17-20-5-6-20/h1-4,8-9,18,20-21,27,31H,5-7,10-17,19H2. The highest BCUT2D eigenvalue weighted by Crippen LogP contribution is 2.34. The Bertz CT molecular complexity index is 1000. The van der Waals surface area contributed by atoms with E-state index in [2.05, 4.69) is 24.3 Å². The molecule has 1 aliphatic heterocycles. The molecular weight excluding hydrogens is 410 g/mol. The zero-order chi connectivity index (χ0) is 22.8. The van der Waals surface area contributed by atoms with Crippen LogP contribution in [-0.4, -0.2) is 34.3 Å². The highest BCUT2D eigenvalue weighted by Gasteiger charge is 2.29. The summed E-state index contributed by atoms with van der Waals surface area (Å²) in [6, 6.07) is 14.6. The van der Waals surface area contributed by atoms with Gasteiger partial charge in [-0.2, -0.15) is 0 Å².